The molecule has 0 N–H and O–H groups in total. The highest BCUT2D eigenvalue weighted by Gasteiger charge is 2.22. The van der Waals surface area contributed by atoms with Gasteiger partial charge in [-0.05, 0) is 46.7 Å². The minimum absolute atomic E-state index is 0.591. The molecule has 0 bridgehead atoms. The fraction of sp³-hybridized carbons (Fsp3) is 0. The predicted octanol–water partition coefficient (Wildman–Crippen LogP) is 12.7. The van der Waals surface area contributed by atoms with Gasteiger partial charge in [-0.1, -0.05) is 146 Å². The fourth-order valence-corrected chi connectivity index (χ4v) is 7.93. The molecule has 0 amide bonds. The molecule has 5 nitrogen and oxygen atoms in total. The number of hydrogen-bond acceptors (Lipinski definition) is 4. The molecule has 54 heavy (non-hydrogen) atoms. The summed E-state index contributed by atoms with van der Waals surface area (Å²) in [6.45, 7) is 0. The monoisotopic (exact) mass is 690 g/mol. The van der Waals surface area contributed by atoms with E-state index in [0.717, 1.165) is 71.9 Å². The Hall–Kier alpha value is -7.37. The number of furan rings is 1. The first kappa shape index (κ1) is 30.3. The maximum absolute atomic E-state index is 6.76. The Morgan fingerprint density at radius 3 is 1.72 bits per heavy atom. The van der Waals surface area contributed by atoms with Gasteiger partial charge in [-0.15, -0.1) is 0 Å². The highest BCUT2D eigenvalue weighted by Crippen LogP contribution is 2.43. The summed E-state index contributed by atoms with van der Waals surface area (Å²) in [5, 5.41) is 6.69. The average molecular weight is 691 g/mol. The number of rotatable bonds is 5. The summed E-state index contributed by atoms with van der Waals surface area (Å²) in [5.74, 6) is 1.83. The zero-order valence-corrected chi connectivity index (χ0v) is 29.0. The SMILES string of the molecule is c1ccc(-c2nc(-c3ccc4ccccc4c3)nc(-c3cccc4oc5cc(-n6c7ccccc7c7ccccc76)c(-c6ccccc6)cc5c34)n2)cc1. The molecule has 0 radical (unpaired) electrons. The number of nitrogens with zero attached hydrogens (tertiary/aromatic N) is 4. The first-order chi connectivity index (χ1) is 26.8. The number of para-hydroxylation sites is 2. The van der Waals surface area contributed by atoms with Crippen LogP contribution in [0.5, 0.6) is 0 Å². The summed E-state index contributed by atoms with van der Waals surface area (Å²) >= 11 is 0. The molecule has 3 heterocycles. The third-order valence-corrected chi connectivity index (χ3v) is 10.4. The lowest BCUT2D eigenvalue weighted by Crippen LogP contribution is -2.00. The summed E-state index contributed by atoms with van der Waals surface area (Å²) in [7, 11) is 0. The van der Waals surface area contributed by atoms with Crippen molar-refractivity contribution in [2.45, 2.75) is 0 Å². The van der Waals surface area contributed by atoms with Crippen LogP contribution >= 0.6 is 0 Å². The van der Waals surface area contributed by atoms with Crippen LogP contribution in [0.4, 0.5) is 0 Å². The van der Waals surface area contributed by atoms with Crippen molar-refractivity contribution >= 4 is 54.5 Å². The van der Waals surface area contributed by atoms with Crippen LogP contribution in [-0.4, -0.2) is 19.5 Å². The van der Waals surface area contributed by atoms with Gasteiger partial charge < -0.3 is 8.98 Å². The maximum atomic E-state index is 6.76. The summed E-state index contributed by atoms with van der Waals surface area (Å²) in [6.07, 6.45) is 0. The standard InChI is InChI=1S/C49H30N4O/c1-3-15-32(16-4-1)39-29-40-45(30-43(39)53-41-23-11-9-20-36(41)37-21-10-12-24-42(37)53)54-44-25-13-22-38(46(40)44)49-51-47(33-17-5-2-6-18-33)50-48(52-49)35-27-26-31-14-7-8-19-34(31)28-35/h1-30H. The van der Waals surface area contributed by atoms with E-state index in [4.69, 9.17) is 19.4 Å². The molecular formula is C49H30N4O. The summed E-state index contributed by atoms with van der Waals surface area (Å²) in [6, 6.07) is 63.3. The molecule has 0 saturated heterocycles. The van der Waals surface area contributed by atoms with Crippen molar-refractivity contribution in [3.05, 3.63) is 182 Å². The van der Waals surface area contributed by atoms with E-state index >= 15 is 0 Å². The summed E-state index contributed by atoms with van der Waals surface area (Å²) in [4.78, 5) is 15.4. The largest absolute Gasteiger partial charge is 0.456 e. The molecule has 0 atom stereocenters. The first-order valence-corrected chi connectivity index (χ1v) is 18.1. The van der Waals surface area contributed by atoms with E-state index in [2.05, 4.69) is 144 Å². The third kappa shape index (κ3) is 4.83. The molecule has 0 aliphatic carbocycles. The van der Waals surface area contributed by atoms with Crippen molar-refractivity contribution in [1.29, 1.82) is 0 Å². The Labute approximate surface area is 310 Å². The molecular weight excluding hydrogens is 661 g/mol. The van der Waals surface area contributed by atoms with Gasteiger partial charge in [-0.2, -0.15) is 0 Å². The Morgan fingerprint density at radius 2 is 0.981 bits per heavy atom. The Morgan fingerprint density at radius 1 is 0.370 bits per heavy atom. The lowest BCUT2D eigenvalue weighted by atomic mass is 9.98. The molecule has 252 valence electrons. The molecule has 11 aromatic rings. The van der Waals surface area contributed by atoms with Crippen molar-refractivity contribution in [2.24, 2.45) is 0 Å². The average Bonchev–Trinajstić information content (AvgIpc) is 3.79. The van der Waals surface area contributed by atoms with E-state index in [1.807, 2.05) is 42.5 Å². The van der Waals surface area contributed by atoms with E-state index < -0.39 is 0 Å². The van der Waals surface area contributed by atoms with Gasteiger partial charge in [0.15, 0.2) is 17.5 Å². The fourth-order valence-electron chi connectivity index (χ4n) is 7.93. The Balaban J connectivity index is 1.19. The van der Waals surface area contributed by atoms with Crippen molar-refractivity contribution in [2.75, 3.05) is 0 Å². The number of aromatic nitrogens is 4. The molecule has 8 aromatic carbocycles. The molecule has 5 heteroatoms. The molecule has 0 spiro atoms. The molecule has 0 fully saturated rings. The second-order valence-corrected chi connectivity index (χ2v) is 13.6. The van der Waals surface area contributed by atoms with Crippen molar-refractivity contribution in [3.63, 3.8) is 0 Å². The number of benzene rings is 8. The van der Waals surface area contributed by atoms with Gasteiger partial charge in [-0.25, -0.2) is 15.0 Å². The van der Waals surface area contributed by atoms with Crippen LogP contribution in [0, 0.1) is 0 Å². The van der Waals surface area contributed by atoms with Crippen LogP contribution in [0.1, 0.15) is 0 Å². The predicted molar refractivity (Wildman–Crippen MR) is 221 cm³/mol. The lowest BCUT2D eigenvalue weighted by molar-refractivity contribution is 0.668. The minimum Gasteiger partial charge on any atom is -0.456 e. The Bertz CT molecular complexity index is 3160. The Kier molecular flexibility index (Phi) is 6.79. The second-order valence-electron chi connectivity index (χ2n) is 13.6. The van der Waals surface area contributed by atoms with Crippen LogP contribution in [0.15, 0.2) is 186 Å². The highest BCUT2D eigenvalue weighted by atomic mass is 16.3. The molecule has 3 aromatic heterocycles. The summed E-state index contributed by atoms with van der Waals surface area (Å²) in [5.41, 5.74) is 9.87. The first-order valence-electron chi connectivity index (χ1n) is 18.1. The van der Waals surface area contributed by atoms with Crippen LogP contribution < -0.4 is 0 Å². The highest BCUT2D eigenvalue weighted by molar-refractivity contribution is 6.15. The van der Waals surface area contributed by atoms with Crippen molar-refractivity contribution < 1.29 is 4.42 Å². The van der Waals surface area contributed by atoms with Gasteiger partial charge >= 0.3 is 0 Å². The molecule has 11 rings (SSSR count). The normalized spacial score (nSPS) is 11.7. The van der Waals surface area contributed by atoms with Gasteiger partial charge in [0.2, 0.25) is 0 Å². The zero-order chi connectivity index (χ0) is 35.6. The van der Waals surface area contributed by atoms with E-state index in [9.17, 15) is 0 Å². The molecule has 0 saturated carbocycles. The van der Waals surface area contributed by atoms with Crippen molar-refractivity contribution in [1.82, 2.24) is 19.5 Å². The van der Waals surface area contributed by atoms with Crippen LogP contribution in [0.2, 0.25) is 0 Å². The van der Waals surface area contributed by atoms with E-state index in [1.165, 1.54) is 16.2 Å². The maximum Gasteiger partial charge on any atom is 0.164 e. The molecule has 0 aliphatic heterocycles. The number of hydrogen-bond donors (Lipinski definition) is 0. The topological polar surface area (TPSA) is 56.7 Å². The smallest absolute Gasteiger partial charge is 0.164 e. The summed E-state index contributed by atoms with van der Waals surface area (Å²) < 4.78 is 9.13. The molecule has 0 aliphatic rings. The van der Waals surface area contributed by atoms with Crippen LogP contribution in [0.25, 0.3) is 105 Å². The second kappa shape index (κ2) is 12.1. The van der Waals surface area contributed by atoms with E-state index in [-0.39, 0.29) is 0 Å². The van der Waals surface area contributed by atoms with Gasteiger partial charge in [0.1, 0.15) is 11.2 Å². The van der Waals surface area contributed by atoms with Gasteiger partial charge in [-0.3, -0.25) is 0 Å². The quantitative estimate of drug-likeness (QED) is 0.180. The lowest BCUT2D eigenvalue weighted by Gasteiger charge is -2.15. The minimum atomic E-state index is 0.591. The third-order valence-electron chi connectivity index (χ3n) is 10.4. The van der Waals surface area contributed by atoms with Gasteiger partial charge in [0, 0.05) is 49.9 Å². The van der Waals surface area contributed by atoms with Gasteiger partial charge in [0.25, 0.3) is 0 Å². The van der Waals surface area contributed by atoms with E-state index in [0.29, 0.717) is 17.5 Å². The van der Waals surface area contributed by atoms with Crippen LogP contribution in [0.3, 0.4) is 0 Å². The zero-order valence-electron chi connectivity index (χ0n) is 29.0. The van der Waals surface area contributed by atoms with Crippen LogP contribution in [-0.2, 0) is 0 Å². The van der Waals surface area contributed by atoms with E-state index in [1.54, 1.807) is 0 Å². The van der Waals surface area contributed by atoms with Gasteiger partial charge in [0.05, 0.1) is 16.7 Å². The number of fused-ring (bicyclic) bond motifs is 7. The van der Waals surface area contributed by atoms with Crippen molar-refractivity contribution in [3.8, 4) is 51.0 Å². The molecule has 0 unspecified atom stereocenters.